The molecule has 1 aromatic carbocycles. The molecule has 6 heteroatoms. The van der Waals surface area contributed by atoms with E-state index >= 15 is 0 Å². The third-order valence-electron chi connectivity index (χ3n) is 2.06. The Kier molecular flexibility index (Phi) is 3.78. The Hall–Kier alpha value is -1.14. The molecule has 0 fully saturated rings. The summed E-state index contributed by atoms with van der Waals surface area (Å²) in [7, 11) is -3.90. The molecule has 0 aromatic heterocycles. The number of nitrogen functional groups attached to an aromatic ring is 1. The maximum atomic E-state index is 13.5. The number of nitrogens with one attached hydrogen (secondary N) is 1. The molecule has 0 aliphatic heterocycles. The Balaban J connectivity index is 3.06. The molecule has 3 N–H and O–H groups in total. The van der Waals surface area contributed by atoms with E-state index in [0.717, 1.165) is 6.07 Å². The van der Waals surface area contributed by atoms with Gasteiger partial charge in [-0.3, -0.25) is 0 Å². The van der Waals surface area contributed by atoms with Crippen molar-refractivity contribution in [1.82, 2.24) is 4.72 Å². The molecule has 0 amide bonds. The van der Waals surface area contributed by atoms with E-state index in [9.17, 15) is 12.8 Å². The van der Waals surface area contributed by atoms with Crippen LogP contribution in [0.5, 0.6) is 0 Å². The predicted molar refractivity (Wildman–Crippen MR) is 65.5 cm³/mol. The Morgan fingerprint density at radius 1 is 1.35 bits per heavy atom. The highest BCUT2D eigenvalue weighted by Crippen LogP contribution is 2.22. The normalized spacial score (nSPS) is 12.7. The lowest BCUT2D eigenvalue weighted by atomic mass is 9.98. The standard InChI is InChI=1S/C11H17FN2O2S/c1-11(2,3)7-14-17(15,16)10-8(12)5-4-6-9(10)13/h4-6,14H,7,13H2,1-3H3. The molecule has 4 nitrogen and oxygen atoms in total. The highest BCUT2D eigenvalue weighted by molar-refractivity contribution is 7.89. The van der Waals surface area contributed by atoms with Gasteiger partial charge in [-0.15, -0.1) is 0 Å². The third-order valence-corrected chi connectivity index (χ3v) is 3.55. The second-order valence-electron chi connectivity index (χ2n) is 5.04. The van der Waals surface area contributed by atoms with Crippen LogP contribution in [0.1, 0.15) is 20.8 Å². The summed E-state index contributed by atoms with van der Waals surface area (Å²) in [5, 5.41) is 0. The molecule has 0 heterocycles. The van der Waals surface area contributed by atoms with Gasteiger partial charge in [0.25, 0.3) is 0 Å². The van der Waals surface area contributed by atoms with Crippen LogP contribution < -0.4 is 10.5 Å². The summed E-state index contributed by atoms with van der Waals surface area (Å²) in [6.45, 7) is 5.84. The van der Waals surface area contributed by atoms with Gasteiger partial charge in [-0.1, -0.05) is 26.8 Å². The van der Waals surface area contributed by atoms with E-state index in [4.69, 9.17) is 5.73 Å². The van der Waals surface area contributed by atoms with Crippen molar-refractivity contribution in [1.29, 1.82) is 0 Å². The number of halogens is 1. The van der Waals surface area contributed by atoms with E-state index in [0.29, 0.717) is 0 Å². The fourth-order valence-electron chi connectivity index (χ4n) is 1.19. The van der Waals surface area contributed by atoms with Gasteiger partial charge in [-0.25, -0.2) is 17.5 Å². The van der Waals surface area contributed by atoms with Crippen LogP contribution in [0.4, 0.5) is 10.1 Å². The first kappa shape index (κ1) is 13.9. The Bertz CT molecular complexity index is 486. The van der Waals surface area contributed by atoms with Crippen LogP contribution in [0.25, 0.3) is 0 Å². The number of hydrogen-bond donors (Lipinski definition) is 2. The highest BCUT2D eigenvalue weighted by atomic mass is 32.2. The zero-order valence-corrected chi connectivity index (χ0v) is 10.9. The zero-order chi connectivity index (χ0) is 13.3. The predicted octanol–water partition coefficient (Wildman–Crippen LogP) is 1.73. The molecule has 0 unspecified atom stereocenters. The van der Waals surface area contributed by atoms with E-state index in [1.54, 1.807) is 0 Å². The summed E-state index contributed by atoms with van der Waals surface area (Å²) in [5.74, 6) is -0.841. The summed E-state index contributed by atoms with van der Waals surface area (Å²) in [4.78, 5) is -0.482. The van der Waals surface area contributed by atoms with Crippen LogP contribution in [0.2, 0.25) is 0 Å². The molecule has 96 valence electrons. The zero-order valence-electron chi connectivity index (χ0n) is 10.1. The quantitative estimate of drug-likeness (QED) is 0.813. The van der Waals surface area contributed by atoms with Gasteiger partial charge >= 0.3 is 0 Å². The van der Waals surface area contributed by atoms with E-state index < -0.39 is 20.7 Å². The second kappa shape index (κ2) is 4.62. The highest BCUT2D eigenvalue weighted by Gasteiger charge is 2.23. The molecule has 0 saturated carbocycles. The van der Waals surface area contributed by atoms with Crippen molar-refractivity contribution in [2.24, 2.45) is 5.41 Å². The molecule has 17 heavy (non-hydrogen) atoms. The number of hydrogen-bond acceptors (Lipinski definition) is 3. The first-order chi connectivity index (χ1) is 7.63. The third kappa shape index (κ3) is 3.67. The molecule has 0 atom stereocenters. The van der Waals surface area contributed by atoms with E-state index in [1.807, 2.05) is 20.8 Å². The molecule has 0 spiro atoms. The first-order valence-corrected chi connectivity index (χ1v) is 6.65. The van der Waals surface area contributed by atoms with Crippen molar-refractivity contribution >= 4 is 15.7 Å². The summed E-state index contributed by atoms with van der Waals surface area (Å²) in [5.41, 5.74) is 5.17. The second-order valence-corrected chi connectivity index (χ2v) is 6.75. The minimum absolute atomic E-state index is 0.0913. The monoisotopic (exact) mass is 260 g/mol. The van der Waals surface area contributed by atoms with Crippen molar-refractivity contribution in [3.05, 3.63) is 24.0 Å². The average Bonchev–Trinajstić information content (AvgIpc) is 2.13. The van der Waals surface area contributed by atoms with Gasteiger partial charge in [-0.05, 0) is 17.5 Å². The number of nitrogens with two attached hydrogens (primary N) is 1. The molecule has 1 aromatic rings. The van der Waals surface area contributed by atoms with Crippen molar-refractivity contribution in [3.63, 3.8) is 0 Å². The number of anilines is 1. The fraction of sp³-hybridized carbons (Fsp3) is 0.455. The summed E-state index contributed by atoms with van der Waals surface area (Å²) in [6.07, 6.45) is 0. The smallest absolute Gasteiger partial charge is 0.245 e. The Morgan fingerprint density at radius 2 is 1.94 bits per heavy atom. The van der Waals surface area contributed by atoms with Gasteiger partial charge < -0.3 is 5.73 Å². The van der Waals surface area contributed by atoms with Crippen LogP contribution >= 0.6 is 0 Å². The van der Waals surface area contributed by atoms with E-state index in [-0.39, 0.29) is 17.6 Å². The molecule has 0 aliphatic rings. The summed E-state index contributed by atoms with van der Waals surface area (Å²) in [6, 6.07) is 3.80. The molecule has 1 rings (SSSR count). The molecular formula is C11H17FN2O2S. The fourth-order valence-corrected chi connectivity index (χ4v) is 2.66. The maximum Gasteiger partial charge on any atom is 0.245 e. The molecule has 0 aliphatic carbocycles. The molecular weight excluding hydrogens is 243 g/mol. The molecule has 0 saturated heterocycles. The van der Waals surface area contributed by atoms with Crippen molar-refractivity contribution in [3.8, 4) is 0 Å². The topological polar surface area (TPSA) is 72.2 Å². The number of benzene rings is 1. The van der Waals surface area contributed by atoms with Crippen LogP contribution in [0.3, 0.4) is 0 Å². The minimum Gasteiger partial charge on any atom is -0.398 e. The largest absolute Gasteiger partial charge is 0.398 e. The lowest BCUT2D eigenvalue weighted by Crippen LogP contribution is -2.33. The number of sulfonamides is 1. The Morgan fingerprint density at radius 3 is 2.41 bits per heavy atom. The molecule has 0 radical (unpaired) electrons. The lowest BCUT2D eigenvalue weighted by molar-refractivity contribution is 0.407. The SMILES string of the molecule is CC(C)(C)CNS(=O)(=O)c1c(N)cccc1F. The average molecular weight is 260 g/mol. The van der Waals surface area contributed by atoms with Gasteiger partial charge in [0.1, 0.15) is 10.7 Å². The van der Waals surface area contributed by atoms with Crippen LogP contribution in [0, 0.1) is 11.2 Å². The van der Waals surface area contributed by atoms with Crippen molar-refractivity contribution in [2.45, 2.75) is 25.7 Å². The Labute approximate surface area is 101 Å². The summed E-state index contributed by atoms with van der Waals surface area (Å²) >= 11 is 0. The van der Waals surface area contributed by atoms with E-state index in [1.165, 1.54) is 12.1 Å². The summed E-state index contributed by atoms with van der Waals surface area (Å²) < 4.78 is 39.6. The van der Waals surface area contributed by atoms with Gasteiger partial charge in [0, 0.05) is 6.54 Å². The van der Waals surface area contributed by atoms with Gasteiger partial charge in [0.05, 0.1) is 5.69 Å². The van der Waals surface area contributed by atoms with Crippen molar-refractivity contribution < 1.29 is 12.8 Å². The maximum absolute atomic E-state index is 13.5. The van der Waals surface area contributed by atoms with Crippen LogP contribution in [0.15, 0.2) is 23.1 Å². The van der Waals surface area contributed by atoms with Crippen molar-refractivity contribution in [2.75, 3.05) is 12.3 Å². The van der Waals surface area contributed by atoms with Gasteiger partial charge in [0.2, 0.25) is 10.0 Å². The first-order valence-electron chi connectivity index (χ1n) is 5.17. The van der Waals surface area contributed by atoms with Crippen LogP contribution in [-0.2, 0) is 10.0 Å². The van der Waals surface area contributed by atoms with E-state index in [2.05, 4.69) is 4.72 Å². The van der Waals surface area contributed by atoms with Gasteiger partial charge in [0.15, 0.2) is 0 Å². The lowest BCUT2D eigenvalue weighted by Gasteiger charge is -2.19. The van der Waals surface area contributed by atoms with Gasteiger partial charge in [-0.2, -0.15) is 0 Å². The number of rotatable bonds is 3. The minimum atomic E-state index is -3.90. The molecule has 0 bridgehead atoms. The van der Waals surface area contributed by atoms with Crippen LogP contribution in [-0.4, -0.2) is 15.0 Å².